The lowest BCUT2D eigenvalue weighted by atomic mass is 9.90. The van der Waals surface area contributed by atoms with Crippen molar-refractivity contribution < 1.29 is 0 Å². The number of fused-ring (bicyclic) bond motifs is 1. The van der Waals surface area contributed by atoms with Gasteiger partial charge in [0.1, 0.15) is 0 Å². The van der Waals surface area contributed by atoms with Gasteiger partial charge in [-0.15, -0.1) is 0 Å². The van der Waals surface area contributed by atoms with Gasteiger partial charge in [-0.3, -0.25) is 0 Å². The molecule has 4 nitrogen and oxygen atoms in total. The summed E-state index contributed by atoms with van der Waals surface area (Å²) in [4.78, 5) is 9.51. The van der Waals surface area contributed by atoms with Crippen molar-refractivity contribution >= 4 is 11.0 Å². The van der Waals surface area contributed by atoms with E-state index in [9.17, 15) is 5.26 Å². The molecule has 1 unspecified atom stereocenters. The van der Waals surface area contributed by atoms with Crippen molar-refractivity contribution in [3.8, 4) is 6.07 Å². The number of H-pyrrole nitrogens is 1. The molecule has 92 valence electrons. The third-order valence-corrected chi connectivity index (χ3v) is 3.81. The second-order valence-corrected chi connectivity index (χ2v) is 5.31. The molecule has 1 aromatic carbocycles. The molecule has 1 heterocycles. The lowest BCUT2D eigenvalue weighted by Crippen LogP contribution is -2.27. The summed E-state index contributed by atoms with van der Waals surface area (Å²) in [7, 11) is 4.08. The van der Waals surface area contributed by atoms with Crippen LogP contribution in [0.4, 0.5) is 0 Å². The molecule has 4 heteroatoms. The normalized spacial score (nSPS) is 18.8. The van der Waals surface area contributed by atoms with Crippen LogP contribution in [0.2, 0.25) is 0 Å². The van der Waals surface area contributed by atoms with Crippen LogP contribution in [0.5, 0.6) is 0 Å². The van der Waals surface area contributed by atoms with Crippen LogP contribution in [0.25, 0.3) is 11.0 Å². The molecule has 0 radical (unpaired) electrons. The van der Waals surface area contributed by atoms with Crippen molar-refractivity contribution in [2.24, 2.45) is 5.41 Å². The maximum Gasteiger partial charge on any atom is 0.0931 e. The molecule has 2 aromatic rings. The molecule has 1 aliphatic carbocycles. The molecule has 0 spiro atoms. The second kappa shape index (κ2) is 3.82. The fourth-order valence-corrected chi connectivity index (χ4v) is 2.82. The molecule has 1 N–H and O–H groups in total. The highest BCUT2D eigenvalue weighted by molar-refractivity contribution is 5.75. The van der Waals surface area contributed by atoms with Gasteiger partial charge in [0.05, 0.1) is 34.9 Å². The van der Waals surface area contributed by atoms with Gasteiger partial charge in [-0.2, -0.15) is 5.26 Å². The Hall–Kier alpha value is -1.86. The zero-order valence-electron chi connectivity index (χ0n) is 10.6. The number of nitrogens with one attached hydrogen (secondary N) is 1. The van der Waals surface area contributed by atoms with Gasteiger partial charge >= 0.3 is 0 Å². The van der Waals surface area contributed by atoms with E-state index < -0.39 is 0 Å². The second-order valence-electron chi connectivity index (χ2n) is 5.31. The Kier molecular flexibility index (Phi) is 2.39. The molecular weight excluding hydrogens is 224 g/mol. The van der Waals surface area contributed by atoms with E-state index in [2.05, 4.69) is 33.1 Å². The van der Waals surface area contributed by atoms with Crippen molar-refractivity contribution in [1.29, 1.82) is 5.26 Å². The maximum atomic E-state index is 9.41. The molecule has 1 saturated carbocycles. The molecule has 18 heavy (non-hydrogen) atoms. The van der Waals surface area contributed by atoms with Gasteiger partial charge in [0.15, 0.2) is 0 Å². The highest BCUT2D eigenvalue weighted by atomic mass is 15.1. The first-order valence-corrected chi connectivity index (χ1v) is 6.17. The van der Waals surface area contributed by atoms with Crippen molar-refractivity contribution in [2.45, 2.75) is 18.9 Å². The summed E-state index contributed by atoms with van der Waals surface area (Å²) in [5.41, 5.74) is 3.00. The summed E-state index contributed by atoms with van der Waals surface area (Å²) in [6, 6.07) is 8.89. The smallest absolute Gasteiger partial charge is 0.0931 e. The number of rotatable bonds is 3. The van der Waals surface area contributed by atoms with Crippen molar-refractivity contribution in [3.05, 3.63) is 30.1 Å². The van der Waals surface area contributed by atoms with E-state index in [4.69, 9.17) is 0 Å². The van der Waals surface area contributed by atoms with Crippen LogP contribution >= 0.6 is 0 Å². The van der Waals surface area contributed by atoms with Gasteiger partial charge in [-0.25, -0.2) is 4.98 Å². The monoisotopic (exact) mass is 240 g/mol. The van der Waals surface area contributed by atoms with Crippen LogP contribution in [0.15, 0.2) is 24.5 Å². The first-order chi connectivity index (χ1) is 8.66. The number of aromatic amines is 1. The predicted octanol–water partition coefficient (Wildman–Crippen LogP) is 2.47. The predicted molar refractivity (Wildman–Crippen MR) is 69.8 cm³/mol. The van der Waals surface area contributed by atoms with Gasteiger partial charge in [-0.05, 0) is 44.6 Å². The Morgan fingerprint density at radius 3 is 2.83 bits per heavy atom. The third-order valence-electron chi connectivity index (χ3n) is 3.81. The van der Waals surface area contributed by atoms with Gasteiger partial charge in [0, 0.05) is 0 Å². The number of hydrogen-bond acceptors (Lipinski definition) is 3. The van der Waals surface area contributed by atoms with Gasteiger partial charge in [0.2, 0.25) is 0 Å². The van der Waals surface area contributed by atoms with Crippen LogP contribution in [-0.2, 0) is 0 Å². The van der Waals surface area contributed by atoms with E-state index >= 15 is 0 Å². The van der Waals surface area contributed by atoms with Gasteiger partial charge in [0.25, 0.3) is 0 Å². The first-order valence-electron chi connectivity index (χ1n) is 6.17. The fraction of sp³-hybridized carbons (Fsp3) is 0.429. The Bertz CT molecular complexity index is 616. The van der Waals surface area contributed by atoms with E-state index in [1.165, 1.54) is 5.56 Å². The van der Waals surface area contributed by atoms with E-state index in [-0.39, 0.29) is 11.5 Å². The molecule has 1 atom stereocenters. The minimum atomic E-state index is -0.197. The molecule has 1 fully saturated rings. The maximum absolute atomic E-state index is 9.41. The SMILES string of the molecule is CN(C)C(c1ccc2nc[nH]c2c1)C1(C#N)CC1. The topological polar surface area (TPSA) is 55.7 Å². The lowest BCUT2D eigenvalue weighted by Gasteiger charge is -2.28. The summed E-state index contributed by atoms with van der Waals surface area (Å²) in [6.07, 6.45) is 3.69. The molecule has 0 bridgehead atoms. The average Bonchev–Trinajstić information content (AvgIpc) is 2.99. The lowest BCUT2D eigenvalue weighted by molar-refractivity contribution is 0.232. The van der Waals surface area contributed by atoms with E-state index in [1.807, 2.05) is 20.2 Å². The number of aromatic nitrogens is 2. The summed E-state index contributed by atoms with van der Waals surface area (Å²) in [6.45, 7) is 0. The minimum absolute atomic E-state index is 0.162. The molecule has 3 rings (SSSR count). The zero-order valence-corrected chi connectivity index (χ0v) is 10.6. The zero-order chi connectivity index (χ0) is 12.8. The molecule has 0 aliphatic heterocycles. The molecular formula is C14H16N4. The van der Waals surface area contributed by atoms with E-state index in [0.29, 0.717) is 0 Å². The van der Waals surface area contributed by atoms with Crippen molar-refractivity contribution in [1.82, 2.24) is 14.9 Å². The number of nitriles is 1. The minimum Gasteiger partial charge on any atom is -0.345 e. The van der Waals surface area contributed by atoms with Crippen LogP contribution < -0.4 is 0 Å². The Labute approximate surface area is 106 Å². The molecule has 1 aromatic heterocycles. The van der Waals surface area contributed by atoms with Crippen LogP contribution in [0, 0.1) is 16.7 Å². The fourth-order valence-electron chi connectivity index (χ4n) is 2.82. The standard InChI is InChI=1S/C14H16N4/c1-18(2)13(14(8-15)5-6-14)10-3-4-11-12(7-10)17-9-16-11/h3-4,7,9,13H,5-6H2,1-2H3,(H,16,17). The molecule has 0 amide bonds. The number of hydrogen-bond donors (Lipinski definition) is 1. The summed E-state index contributed by atoms with van der Waals surface area (Å²) in [5, 5.41) is 9.41. The average molecular weight is 240 g/mol. The van der Waals surface area contributed by atoms with Crippen LogP contribution in [0.3, 0.4) is 0 Å². The van der Waals surface area contributed by atoms with Crippen LogP contribution in [0.1, 0.15) is 24.4 Å². The Balaban J connectivity index is 2.07. The molecule has 1 aliphatic rings. The number of benzene rings is 1. The quantitative estimate of drug-likeness (QED) is 0.896. The summed E-state index contributed by atoms with van der Waals surface area (Å²) < 4.78 is 0. The summed E-state index contributed by atoms with van der Waals surface area (Å²) >= 11 is 0. The highest BCUT2D eigenvalue weighted by Crippen LogP contribution is 2.56. The van der Waals surface area contributed by atoms with Gasteiger partial charge in [-0.1, -0.05) is 6.07 Å². The summed E-state index contributed by atoms with van der Waals surface area (Å²) in [5.74, 6) is 0. The number of imidazole rings is 1. The third kappa shape index (κ3) is 1.59. The van der Waals surface area contributed by atoms with Crippen molar-refractivity contribution in [3.63, 3.8) is 0 Å². The van der Waals surface area contributed by atoms with Gasteiger partial charge < -0.3 is 9.88 Å². The molecule has 0 saturated heterocycles. The van der Waals surface area contributed by atoms with E-state index in [1.54, 1.807) is 6.33 Å². The van der Waals surface area contributed by atoms with E-state index in [0.717, 1.165) is 23.9 Å². The number of nitrogens with zero attached hydrogens (tertiary/aromatic N) is 3. The Morgan fingerprint density at radius 2 is 2.22 bits per heavy atom. The largest absolute Gasteiger partial charge is 0.345 e. The Morgan fingerprint density at radius 1 is 1.44 bits per heavy atom. The highest BCUT2D eigenvalue weighted by Gasteiger charge is 2.51. The first kappa shape index (κ1) is 11.2. The van der Waals surface area contributed by atoms with Crippen molar-refractivity contribution in [2.75, 3.05) is 14.1 Å². The van der Waals surface area contributed by atoms with Crippen LogP contribution in [-0.4, -0.2) is 29.0 Å².